The third-order valence-electron chi connectivity index (χ3n) is 5.76. The molecule has 1 aromatic heterocycles. The second kappa shape index (κ2) is 14.1. The summed E-state index contributed by atoms with van der Waals surface area (Å²) in [6.45, 7) is 3.90. The number of thioether (sulfide) groups is 1. The van der Waals surface area contributed by atoms with Gasteiger partial charge in [0.25, 0.3) is 0 Å². The Morgan fingerprint density at radius 3 is 2.45 bits per heavy atom. The zero-order chi connectivity index (χ0) is 27.5. The SMILES string of the molecule is CCCCS(=O)(=O)CC(COC)OC(=O)CSc1nc(-c2ccc(C)cc2)cc(-c2ccccc2)c1C#N. The summed E-state index contributed by atoms with van der Waals surface area (Å²) < 4.78 is 35.3. The summed E-state index contributed by atoms with van der Waals surface area (Å²) in [5, 5.41) is 10.4. The number of nitriles is 1. The van der Waals surface area contributed by atoms with Crippen LogP contribution in [0.2, 0.25) is 0 Å². The molecule has 7 nitrogen and oxygen atoms in total. The van der Waals surface area contributed by atoms with Crippen LogP contribution in [-0.2, 0) is 24.1 Å². The Kier molecular flexibility index (Phi) is 10.9. The third kappa shape index (κ3) is 8.42. The smallest absolute Gasteiger partial charge is 0.316 e. The van der Waals surface area contributed by atoms with Crippen LogP contribution in [-0.4, -0.2) is 56.5 Å². The fourth-order valence-corrected chi connectivity index (χ4v) is 6.24. The van der Waals surface area contributed by atoms with Crippen LogP contribution in [0.5, 0.6) is 0 Å². The summed E-state index contributed by atoms with van der Waals surface area (Å²) in [5.41, 5.74) is 4.62. The zero-order valence-corrected chi connectivity index (χ0v) is 23.5. The van der Waals surface area contributed by atoms with Gasteiger partial charge >= 0.3 is 5.97 Å². The van der Waals surface area contributed by atoms with Crippen molar-refractivity contribution in [1.29, 1.82) is 5.26 Å². The second-order valence-corrected chi connectivity index (χ2v) is 12.1. The molecule has 0 spiro atoms. The number of hydrogen-bond acceptors (Lipinski definition) is 8. The maximum absolute atomic E-state index is 12.7. The Balaban J connectivity index is 1.86. The maximum atomic E-state index is 12.7. The molecule has 0 amide bonds. The predicted octanol–water partition coefficient (Wildman–Crippen LogP) is 5.46. The first kappa shape index (κ1) is 29.4. The Labute approximate surface area is 229 Å². The number of methoxy groups -OCH3 is 1. The normalized spacial score (nSPS) is 12.1. The minimum atomic E-state index is -3.38. The number of benzene rings is 2. The van der Waals surface area contributed by atoms with Gasteiger partial charge in [0.2, 0.25) is 0 Å². The summed E-state index contributed by atoms with van der Waals surface area (Å²) >= 11 is 1.09. The monoisotopic (exact) mass is 552 g/mol. The molecule has 0 bridgehead atoms. The van der Waals surface area contributed by atoms with Crippen LogP contribution < -0.4 is 0 Å². The number of hydrogen-bond donors (Lipinski definition) is 0. The lowest BCUT2D eigenvalue weighted by Gasteiger charge is -2.17. The molecule has 1 unspecified atom stereocenters. The van der Waals surface area contributed by atoms with Gasteiger partial charge in [-0.15, -0.1) is 0 Å². The highest BCUT2D eigenvalue weighted by atomic mass is 32.2. The standard InChI is InChI=1S/C29H32N2O5S2/c1-4-5-15-38(33,34)20-24(18-35-3)36-28(32)19-37-29-26(17-30)25(22-9-7-6-8-10-22)16-27(31-29)23-13-11-21(2)12-14-23/h6-14,16,24H,4-5,15,18-20H2,1-3H3. The van der Waals surface area contributed by atoms with Gasteiger partial charge in [0.1, 0.15) is 17.2 Å². The summed E-state index contributed by atoms with van der Waals surface area (Å²) in [6, 6.07) is 21.6. The first-order chi connectivity index (χ1) is 18.3. The molecule has 0 fully saturated rings. The van der Waals surface area contributed by atoms with E-state index in [0.717, 1.165) is 34.9 Å². The lowest BCUT2D eigenvalue weighted by atomic mass is 9.99. The molecule has 0 saturated carbocycles. The summed E-state index contributed by atoms with van der Waals surface area (Å²) in [6.07, 6.45) is 0.401. The van der Waals surface area contributed by atoms with Crippen molar-refractivity contribution in [1.82, 2.24) is 4.98 Å². The Morgan fingerprint density at radius 2 is 1.82 bits per heavy atom. The van der Waals surface area contributed by atoms with E-state index in [4.69, 9.17) is 14.5 Å². The molecule has 38 heavy (non-hydrogen) atoms. The van der Waals surface area contributed by atoms with Gasteiger partial charge in [0, 0.05) is 18.2 Å². The van der Waals surface area contributed by atoms with E-state index in [2.05, 4.69) is 6.07 Å². The molecule has 0 radical (unpaired) electrons. The molecule has 0 aliphatic carbocycles. The molecule has 0 aliphatic rings. The van der Waals surface area contributed by atoms with Gasteiger partial charge in [-0.25, -0.2) is 13.4 Å². The second-order valence-electron chi connectivity index (χ2n) is 8.90. The molecule has 0 aliphatic heterocycles. The van der Waals surface area contributed by atoms with Crippen molar-refractivity contribution in [2.24, 2.45) is 0 Å². The quantitative estimate of drug-likeness (QED) is 0.203. The van der Waals surface area contributed by atoms with Crippen molar-refractivity contribution in [2.75, 3.05) is 31.0 Å². The van der Waals surface area contributed by atoms with Crippen molar-refractivity contribution in [3.63, 3.8) is 0 Å². The van der Waals surface area contributed by atoms with Crippen LogP contribution in [0, 0.1) is 18.3 Å². The lowest BCUT2D eigenvalue weighted by molar-refractivity contribution is -0.146. The fourth-order valence-electron chi connectivity index (χ4n) is 3.83. The number of ether oxygens (including phenoxy) is 2. The van der Waals surface area contributed by atoms with Crippen LogP contribution in [0.15, 0.2) is 65.7 Å². The number of unbranched alkanes of at least 4 members (excludes halogenated alkanes) is 1. The van der Waals surface area contributed by atoms with E-state index in [0.29, 0.717) is 28.3 Å². The van der Waals surface area contributed by atoms with Crippen LogP contribution in [0.3, 0.4) is 0 Å². The van der Waals surface area contributed by atoms with Gasteiger partial charge in [0.15, 0.2) is 9.84 Å². The number of esters is 1. The highest BCUT2D eigenvalue weighted by molar-refractivity contribution is 8.00. The van der Waals surface area contributed by atoms with Gasteiger partial charge in [-0.2, -0.15) is 5.26 Å². The van der Waals surface area contributed by atoms with E-state index in [-0.39, 0.29) is 23.9 Å². The topological polar surface area (TPSA) is 106 Å². The van der Waals surface area contributed by atoms with E-state index >= 15 is 0 Å². The number of rotatable bonds is 13. The van der Waals surface area contributed by atoms with E-state index in [1.54, 1.807) is 0 Å². The van der Waals surface area contributed by atoms with E-state index in [1.165, 1.54) is 7.11 Å². The molecule has 0 saturated heterocycles. The minimum Gasteiger partial charge on any atom is -0.458 e. The largest absolute Gasteiger partial charge is 0.458 e. The summed E-state index contributed by atoms with van der Waals surface area (Å²) in [4.78, 5) is 17.5. The van der Waals surface area contributed by atoms with Gasteiger partial charge in [-0.3, -0.25) is 4.79 Å². The van der Waals surface area contributed by atoms with E-state index in [1.807, 2.05) is 74.5 Å². The minimum absolute atomic E-state index is 0.0233. The molecule has 3 aromatic rings. The van der Waals surface area contributed by atoms with Crippen molar-refractivity contribution in [2.45, 2.75) is 37.8 Å². The Morgan fingerprint density at radius 1 is 1.11 bits per heavy atom. The van der Waals surface area contributed by atoms with E-state index in [9.17, 15) is 18.5 Å². The lowest BCUT2D eigenvalue weighted by Crippen LogP contribution is -2.32. The average Bonchev–Trinajstić information content (AvgIpc) is 2.91. The highest BCUT2D eigenvalue weighted by Gasteiger charge is 2.24. The predicted molar refractivity (Wildman–Crippen MR) is 151 cm³/mol. The Hall–Kier alpha value is -3.19. The summed E-state index contributed by atoms with van der Waals surface area (Å²) in [7, 11) is -1.95. The molecule has 1 atom stereocenters. The van der Waals surface area contributed by atoms with Crippen LogP contribution in [0.1, 0.15) is 30.9 Å². The molecule has 3 rings (SSSR count). The molecule has 2 aromatic carbocycles. The van der Waals surface area contributed by atoms with Gasteiger partial charge in [-0.1, -0.05) is 85.3 Å². The first-order valence-electron chi connectivity index (χ1n) is 12.4. The Bertz CT molecular complexity index is 1370. The average molecular weight is 553 g/mol. The van der Waals surface area contributed by atoms with Crippen molar-refractivity contribution >= 4 is 27.6 Å². The number of aromatic nitrogens is 1. The number of carbonyl (C=O) groups is 1. The first-order valence-corrected chi connectivity index (χ1v) is 15.2. The van der Waals surface area contributed by atoms with Crippen molar-refractivity contribution in [3.8, 4) is 28.5 Å². The molecule has 9 heteroatoms. The fraction of sp³-hybridized carbons (Fsp3) is 0.345. The number of carbonyl (C=O) groups excluding carboxylic acids is 1. The zero-order valence-electron chi connectivity index (χ0n) is 21.8. The van der Waals surface area contributed by atoms with Crippen LogP contribution in [0.25, 0.3) is 22.4 Å². The maximum Gasteiger partial charge on any atom is 0.316 e. The van der Waals surface area contributed by atoms with Gasteiger partial charge in [0.05, 0.1) is 35.1 Å². The van der Waals surface area contributed by atoms with E-state index < -0.39 is 21.9 Å². The van der Waals surface area contributed by atoms with Crippen molar-refractivity contribution < 1.29 is 22.7 Å². The van der Waals surface area contributed by atoms with Gasteiger partial charge in [-0.05, 0) is 25.0 Å². The van der Waals surface area contributed by atoms with Crippen LogP contribution >= 0.6 is 11.8 Å². The molecule has 200 valence electrons. The number of pyridine rings is 1. The molecule has 0 N–H and O–H groups in total. The summed E-state index contributed by atoms with van der Waals surface area (Å²) in [5.74, 6) is -0.988. The molecule has 1 heterocycles. The van der Waals surface area contributed by atoms with Crippen molar-refractivity contribution in [3.05, 3.63) is 71.8 Å². The number of nitrogens with zero attached hydrogens (tertiary/aromatic N) is 2. The van der Waals surface area contributed by atoms with Gasteiger partial charge < -0.3 is 9.47 Å². The molecular formula is C29H32N2O5S2. The number of sulfone groups is 1. The highest BCUT2D eigenvalue weighted by Crippen LogP contribution is 2.34. The third-order valence-corrected chi connectivity index (χ3v) is 8.50. The van der Waals surface area contributed by atoms with Crippen LogP contribution in [0.4, 0.5) is 0 Å². The molecular weight excluding hydrogens is 520 g/mol. The number of aryl methyl sites for hydroxylation is 1.